The Morgan fingerprint density at radius 3 is 2.76 bits per heavy atom. The zero-order valence-corrected chi connectivity index (χ0v) is 15.3. The molecule has 1 amide bonds. The van der Waals surface area contributed by atoms with Crippen molar-refractivity contribution in [1.29, 1.82) is 0 Å². The summed E-state index contributed by atoms with van der Waals surface area (Å²) in [6.07, 6.45) is 1.60. The SMILES string of the molecule is CCn1c(SCC(=O)Nc2ccc(C)c(C)c2)nnc1-c1ccco1. The Hall–Kier alpha value is -2.54. The van der Waals surface area contributed by atoms with E-state index in [1.807, 2.05) is 55.7 Å². The van der Waals surface area contributed by atoms with Crippen LogP contribution in [0.15, 0.2) is 46.2 Å². The van der Waals surface area contributed by atoms with Crippen molar-refractivity contribution in [3.63, 3.8) is 0 Å². The number of amides is 1. The second-order valence-electron chi connectivity index (χ2n) is 5.66. The first kappa shape index (κ1) is 17.3. The van der Waals surface area contributed by atoms with Gasteiger partial charge in [0.2, 0.25) is 5.91 Å². The minimum atomic E-state index is -0.0709. The van der Waals surface area contributed by atoms with Crippen LogP contribution in [-0.2, 0) is 11.3 Å². The summed E-state index contributed by atoms with van der Waals surface area (Å²) >= 11 is 1.36. The van der Waals surface area contributed by atoms with Crippen LogP contribution in [0.25, 0.3) is 11.6 Å². The normalized spacial score (nSPS) is 10.8. The summed E-state index contributed by atoms with van der Waals surface area (Å²) in [6.45, 7) is 6.78. The first-order chi connectivity index (χ1) is 12.1. The van der Waals surface area contributed by atoms with E-state index in [-0.39, 0.29) is 11.7 Å². The second-order valence-corrected chi connectivity index (χ2v) is 6.61. The lowest BCUT2D eigenvalue weighted by Gasteiger charge is -2.08. The van der Waals surface area contributed by atoms with Gasteiger partial charge in [0.25, 0.3) is 0 Å². The van der Waals surface area contributed by atoms with Crippen molar-refractivity contribution in [2.75, 3.05) is 11.1 Å². The van der Waals surface area contributed by atoms with Gasteiger partial charge < -0.3 is 9.73 Å². The van der Waals surface area contributed by atoms with Crippen molar-refractivity contribution >= 4 is 23.4 Å². The van der Waals surface area contributed by atoms with Crippen LogP contribution in [-0.4, -0.2) is 26.4 Å². The van der Waals surface area contributed by atoms with Gasteiger partial charge in [0.05, 0.1) is 12.0 Å². The smallest absolute Gasteiger partial charge is 0.234 e. The van der Waals surface area contributed by atoms with Gasteiger partial charge in [-0.05, 0) is 56.2 Å². The van der Waals surface area contributed by atoms with Crippen molar-refractivity contribution < 1.29 is 9.21 Å². The number of carbonyl (C=O) groups is 1. The van der Waals surface area contributed by atoms with Gasteiger partial charge in [-0.2, -0.15) is 0 Å². The summed E-state index contributed by atoms with van der Waals surface area (Å²) in [6, 6.07) is 9.54. The molecule has 7 heteroatoms. The first-order valence-corrected chi connectivity index (χ1v) is 9.04. The molecule has 0 saturated heterocycles. The third-order valence-corrected chi connectivity index (χ3v) is 4.86. The second kappa shape index (κ2) is 7.57. The Bertz CT molecular complexity index is 871. The molecule has 3 aromatic rings. The maximum Gasteiger partial charge on any atom is 0.234 e. The van der Waals surface area contributed by atoms with Crippen LogP contribution in [0.3, 0.4) is 0 Å². The number of hydrogen-bond donors (Lipinski definition) is 1. The number of nitrogens with one attached hydrogen (secondary N) is 1. The molecule has 0 aliphatic carbocycles. The molecule has 0 aliphatic rings. The quantitative estimate of drug-likeness (QED) is 0.678. The third-order valence-electron chi connectivity index (χ3n) is 3.90. The van der Waals surface area contributed by atoms with Gasteiger partial charge in [0.1, 0.15) is 0 Å². The number of benzene rings is 1. The molecule has 25 heavy (non-hydrogen) atoms. The molecule has 0 aliphatic heterocycles. The van der Waals surface area contributed by atoms with E-state index in [1.165, 1.54) is 17.3 Å². The Kier molecular flexibility index (Phi) is 5.23. The number of aryl methyl sites for hydroxylation is 2. The van der Waals surface area contributed by atoms with E-state index in [2.05, 4.69) is 15.5 Å². The molecule has 130 valence electrons. The van der Waals surface area contributed by atoms with Crippen molar-refractivity contribution in [1.82, 2.24) is 14.8 Å². The first-order valence-electron chi connectivity index (χ1n) is 8.05. The lowest BCUT2D eigenvalue weighted by molar-refractivity contribution is -0.113. The number of anilines is 1. The van der Waals surface area contributed by atoms with Gasteiger partial charge >= 0.3 is 0 Å². The average molecular weight is 356 g/mol. The molecule has 2 heterocycles. The molecule has 0 fully saturated rings. The highest BCUT2D eigenvalue weighted by molar-refractivity contribution is 7.99. The molecular formula is C18H20N4O2S. The summed E-state index contributed by atoms with van der Waals surface area (Å²) in [7, 11) is 0. The number of carbonyl (C=O) groups excluding carboxylic acids is 1. The highest BCUT2D eigenvalue weighted by atomic mass is 32.2. The molecule has 0 atom stereocenters. The number of thioether (sulfide) groups is 1. The van der Waals surface area contributed by atoms with E-state index in [9.17, 15) is 4.79 Å². The highest BCUT2D eigenvalue weighted by Gasteiger charge is 2.16. The van der Waals surface area contributed by atoms with E-state index in [0.29, 0.717) is 23.3 Å². The molecule has 1 N–H and O–H groups in total. The van der Waals surface area contributed by atoms with E-state index in [1.54, 1.807) is 6.26 Å². The maximum absolute atomic E-state index is 12.2. The Morgan fingerprint density at radius 2 is 2.08 bits per heavy atom. The topological polar surface area (TPSA) is 73.0 Å². The van der Waals surface area contributed by atoms with Gasteiger partial charge in [-0.1, -0.05) is 17.8 Å². The standard InChI is InChI=1S/C18H20N4O2S/c1-4-22-17(15-6-5-9-24-15)20-21-18(22)25-11-16(23)19-14-8-7-12(2)13(3)10-14/h5-10H,4,11H2,1-3H3,(H,19,23). The van der Waals surface area contributed by atoms with E-state index in [4.69, 9.17) is 4.42 Å². The van der Waals surface area contributed by atoms with Gasteiger partial charge in [0, 0.05) is 12.2 Å². The van der Waals surface area contributed by atoms with Gasteiger partial charge in [-0.3, -0.25) is 9.36 Å². The number of hydrogen-bond acceptors (Lipinski definition) is 5. The summed E-state index contributed by atoms with van der Waals surface area (Å²) < 4.78 is 7.33. The predicted octanol–water partition coefficient (Wildman–Crippen LogP) is 3.91. The summed E-state index contributed by atoms with van der Waals surface area (Å²) in [5.41, 5.74) is 3.16. The van der Waals surface area contributed by atoms with Crippen LogP contribution in [0.5, 0.6) is 0 Å². The maximum atomic E-state index is 12.2. The van der Waals surface area contributed by atoms with E-state index in [0.717, 1.165) is 11.3 Å². The predicted molar refractivity (Wildman–Crippen MR) is 98.7 cm³/mol. The largest absolute Gasteiger partial charge is 0.461 e. The van der Waals surface area contributed by atoms with Crippen molar-refractivity contribution in [3.8, 4) is 11.6 Å². The molecule has 0 bridgehead atoms. The molecule has 0 unspecified atom stereocenters. The summed E-state index contributed by atoms with van der Waals surface area (Å²) in [5.74, 6) is 1.53. The van der Waals surface area contributed by atoms with Crippen LogP contribution < -0.4 is 5.32 Å². The van der Waals surface area contributed by atoms with Crippen molar-refractivity contribution in [3.05, 3.63) is 47.7 Å². The van der Waals surface area contributed by atoms with E-state index >= 15 is 0 Å². The molecule has 0 saturated carbocycles. The van der Waals surface area contributed by atoms with Crippen LogP contribution in [0.4, 0.5) is 5.69 Å². The number of nitrogens with zero attached hydrogens (tertiary/aromatic N) is 3. The minimum absolute atomic E-state index is 0.0709. The van der Waals surface area contributed by atoms with Crippen LogP contribution in [0, 0.1) is 13.8 Å². The molecule has 3 rings (SSSR count). The van der Waals surface area contributed by atoms with Crippen LogP contribution in [0.1, 0.15) is 18.1 Å². The van der Waals surface area contributed by atoms with Crippen LogP contribution >= 0.6 is 11.8 Å². The zero-order valence-electron chi connectivity index (χ0n) is 14.4. The third kappa shape index (κ3) is 3.93. The summed E-state index contributed by atoms with van der Waals surface area (Å²) in [4.78, 5) is 12.2. The van der Waals surface area contributed by atoms with Gasteiger partial charge in [0.15, 0.2) is 16.7 Å². The Labute approximate surface area is 150 Å². The fourth-order valence-corrected chi connectivity index (χ4v) is 3.22. The lowest BCUT2D eigenvalue weighted by atomic mass is 10.1. The fourth-order valence-electron chi connectivity index (χ4n) is 2.41. The molecular weight excluding hydrogens is 336 g/mol. The van der Waals surface area contributed by atoms with Crippen molar-refractivity contribution in [2.45, 2.75) is 32.5 Å². The Balaban J connectivity index is 1.65. The molecule has 0 radical (unpaired) electrons. The van der Waals surface area contributed by atoms with Gasteiger partial charge in [-0.15, -0.1) is 10.2 Å². The molecule has 0 spiro atoms. The molecule has 1 aromatic carbocycles. The Morgan fingerprint density at radius 1 is 1.24 bits per heavy atom. The fraction of sp³-hybridized carbons (Fsp3) is 0.278. The molecule has 6 nitrogen and oxygen atoms in total. The van der Waals surface area contributed by atoms with Gasteiger partial charge in [-0.25, -0.2) is 0 Å². The number of aromatic nitrogens is 3. The number of furan rings is 1. The number of rotatable bonds is 6. The monoisotopic (exact) mass is 356 g/mol. The summed E-state index contributed by atoms with van der Waals surface area (Å²) in [5, 5.41) is 12.0. The van der Waals surface area contributed by atoms with Crippen LogP contribution in [0.2, 0.25) is 0 Å². The average Bonchev–Trinajstić information content (AvgIpc) is 3.24. The molecule has 2 aromatic heterocycles. The zero-order chi connectivity index (χ0) is 17.8. The van der Waals surface area contributed by atoms with Crippen molar-refractivity contribution in [2.24, 2.45) is 0 Å². The lowest BCUT2D eigenvalue weighted by Crippen LogP contribution is -2.14. The van der Waals surface area contributed by atoms with E-state index < -0.39 is 0 Å². The highest BCUT2D eigenvalue weighted by Crippen LogP contribution is 2.24. The minimum Gasteiger partial charge on any atom is -0.461 e.